The first-order chi connectivity index (χ1) is 16.1. The number of anilines is 1. The van der Waals surface area contributed by atoms with Crippen LogP contribution in [0.2, 0.25) is 0 Å². The molecular weight excluding hydrogens is 454 g/mol. The van der Waals surface area contributed by atoms with Crippen LogP contribution in [-0.2, 0) is 32.6 Å². The SMILES string of the molecule is CCc1ccc(N(CCCC(=O)N(Cc2cccc(OC)c2)C(C)C(=O)NC)S(C)(=O)=O)cc1. The Morgan fingerprint density at radius 2 is 1.76 bits per heavy atom. The molecule has 2 amide bonds. The molecule has 0 radical (unpaired) electrons. The highest BCUT2D eigenvalue weighted by molar-refractivity contribution is 7.92. The maximum Gasteiger partial charge on any atom is 0.242 e. The van der Waals surface area contributed by atoms with Gasteiger partial charge in [-0.15, -0.1) is 0 Å². The number of carbonyl (C=O) groups is 2. The van der Waals surface area contributed by atoms with Crippen molar-refractivity contribution in [3.05, 3.63) is 59.7 Å². The van der Waals surface area contributed by atoms with E-state index in [1.807, 2.05) is 43.3 Å². The number of hydrogen-bond acceptors (Lipinski definition) is 5. The Kier molecular flexibility index (Phi) is 9.92. The Morgan fingerprint density at radius 1 is 1.09 bits per heavy atom. The van der Waals surface area contributed by atoms with Gasteiger partial charge in [0.1, 0.15) is 11.8 Å². The standard InChI is InChI=1S/C25H35N3O5S/c1-6-20-12-14-22(15-13-20)28(34(5,31)32)16-8-11-24(29)27(19(2)25(30)26-3)18-21-9-7-10-23(17-21)33-4/h7,9-10,12-15,17,19H,6,8,11,16,18H2,1-5H3,(H,26,30). The molecule has 0 fully saturated rings. The third-order valence-electron chi connectivity index (χ3n) is 5.69. The van der Waals surface area contributed by atoms with E-state index in [0.29, 0.717) is 17.9 Å². The van der Waals surface area contributed by atoms with Gasteiger partial charge in [-0.05, 0) is 55.2 Å². The van der Waals surface area contributed by atoms with E-state index in [2.05, 4.69) is 5.32 Å². The molecule has 0 saturated carbocycles. The van der Waals surface area contributed by atoms with Crippen LogP contribution in [0.25, 0.3) is 0 Å². The summed E-state index contributed by atoms with van der Waals surface area (Å²) in [5.74, 6) is 0.161. The summed E-state index contributed by atoms with van der Waals surface area (Å²) in [7, 11) is -0.419. The predicted molar refractivity (Wildman–Crippen MR) is 134 cm³/mol. The lowest BCUT2D eigenvalue weighted by molar-refractivity contribution is -0.140. The van der Waals surface area contributed by atoms with Gasteiger partial charge in [0.2, 0.25) is 21.8 Å². The Labute approximate surface area is 202 Å². The van der Waals surface area contributed by atoms with Gasteiger partial charge in [0, 0.05) is 26.6 Å². The number of nitrogens with zero attached hydrogens (tertiary/aromatic N) is 2. The first-order valence-corrected chi connectivity index (χ1v) is 13.2. The summed E-state index contributed by atoms with van der Waals surface area (Å²) in [4.78, 5) is 27.0. The number of hydrogen-bond donors (Lipinski definition) is 1. The van der Waals surface area contributed by atoms with Gasteiger partial charge >= 0.3 is 0 Å². The molecule has 0 aliphatic carbocycles. The first kappa shape index (κ1) is 27.2. The lowest BCUT2D eigenvalue weighted by Gasteiger charge is -2.29. The second-order valence-corrected chi connectivity index (χ2v) is 10.0. The van der Waals surface area contributed by atoms with Crippen LogP contribution in [0.3, 0.4) is 0 Å². The number of likely N-dealkylation sites (N-methyl/N-ethyl adjacent to an activating group) is 1. The molecule has 0 bridgehead atoms. The van der Waals surface area contributed by atoms with Crippen LogP contribution >= 0.6 is 0 Å². The quantitative estimate of drug-likeness (QED) is 0.495. The average molecular weight is 490 g/mol. The van der Waals surface area contributed by atoms with E-state index in [4.69, 9.17) is 4.74 Å². The van der Waals surface area contributed by atoms with Gasteiger partial charge in [-0.2, -0.15) is 0 Å². The van der Waals surface area contributed by atoms with Crippen molar-refractivity contribution in [1.82, 2.24) is 10.2 Å². The molecule has 186 valence electrons. The van der Waals surface area contributed by atoms with Crippen LogP contribution in [0.15, 0.2) is 48.5 Å². The molecule has 8 nitrogen and oxygen atoms in total. The highest BCUT2D eigenvalue weighted by Crippen LogP contribution is 2.21. The Hall–Kier alpha value is -3.07. The number of carbonyl (C=O) groups excluding carboxylic acids is 2. The number of sulfonamides is 1. The van der Waals surface area contributed by atoms with E-state index < -0.39 is 16.1 Å². The fourth-order valence-corrected chi connectivity index (χ4v) is 4.63. The minimum Gasteiger partial charge on any atom is -0.497 e. The maximum atomic E-state index is 13.2. The van der Waals surface area contributed by atoms with Crippen LogP contribution in [-0.4, -0.2) is 58.1 Å². The van der Waals surface area contributed by atoms with E-state index in [-0.39, 0.29) is 31.3 Å². The lowest BCUT2D eigenvalue weighted by Crippen LogP contribution is -2.46. The molecular formula is C25H35N3O5S. The van der Waals surface area contributed by atoms with Crippen LogP contribution in [0.5, 0.6) is 5.75 Å². The highest BCUT2D eigenvalue weighted by atomic mass is 32.2. The zero-order valence-corrected chi connectivity index (χ0v) is 21.4. The van der Waals surface area contributed by atoms with Gasteiger partial charge in [0.05, 0.1) is 19.1 Å². The van der Waals surface area contributed by atoms with E-state index in [9.17, 15) is 18.0 Å². The minimum atomic E-state index is -3.52. The topological polar surface area (TPSA) is 96.0 Å². The van der Waals surface area contributed by atoms with Crippen LogP contribution < -0.4 is 14.4 Å². The highest BCUT2D eigenvalue weighted by Gasteiger charge is 2.26. The summed E-state index contributed by atoms with van der Waals surface area (Å²) in [6, 6.07) is 14.0. The molecule has 0 spiro atoms. The summed E-state index contributed by atoms with van der Waals surface area (Å²) in [6.07, 6.45) is 2.44. The molecule has 9 heteroatoms. The Morgan fingerprint density at radius 3 is 2.32 bits per heavy atom. The van der Waals surface area contributed by atoms with Gasteiger partial charge in [-0.1, -0.05) is 31.2 Å². The van der Waals surface area contributed by atoms with Crippen molar-refractivity contribution in [2.75, 3.05) is 31.3 Å². The summed E-state index contributed by atoms with van der Waals surface area (Å²) in [5, 5.41) is 2.59. The Balaban J connectivity index is 2.15. The van der Waals surface area contributed by atoms with Crippen molar-refractivity contribution in [3.8, 4) is 5.75 Å². The minimum absolute atomic E-state index is 0.102. The molecule has 2 aromatic rings. The molecule has 1 N–H and O–H groups in total. The van der Waals surface area contributed by atoms with Crippen molar-refractivity contribution in [1.29, 1.82) is 0 Å². The monoisotopic (exact) mass is 489 g/mol. The molecule has 0 saturated heterocycles. The molecule has 2 rings (SSSR count). The van der Waals surface area contributed by atoms with Gasteiger partial charge in [-0.25, -0.2) is 8.42 Å². The average Bonchev–Trinajstić information content (AvgIpc) is 2.83. The molecule has 1 atom stereocenters. The first-order valence-electron chi connectivity index (χ1n) is 11.3. The number of benzene rings is 2. The van der Waals surface area contributed by atoms with Gasteiger partial charge in [0.25, 0.3) is 0 Å². The van der Waals surface area contributed by atoms with Crippen molar-refractivity contribution in [2.24, 2.45) is 0 Å². The number of nitrogens with one attached hydrogen (secondary N) is 1. The third-order valence-corrected chi connectivity index (χ3v) is 6.88. The fraction of sp³-hybridized carbons (Fsp3) is 0.440. The largest absolute Gasteiger partial charge is 0.497 e. The normalized spacial score (nSPS) is 12.0. The van der Waals surface area contributed by atoms with E-state index >= 15 is 0 Å². The second kappa shape index (κ2) is 12.4. The molecule has 34 heavy (non-hydrogen) atoms. The van der Waals surface area contributed by atoms with E-state index in [1.165, 1.54) is 16.3 Å². The van der Waals surface area contributed by atoms with E-state index in [0.717, 1.165) is 23.8 Å². The lowest BCUT2D eigenvalue weighted by atomic mass is 10.1. The number of amides is 2. The zero-order chi connectivity index (χ0) is 25.3. The van der Waals surface area contributed by atoms with Gasteiger partial charge in [-0.3, -0.25) is 13.9 Å². The third kappa shape index (κ3) is 7.48. The smallest absolute Gasteiger partial charge is 0.242 e. The predicted octanol–water partition coefficient (Wildman–Crippen LogP) is 2.97. The number of aryl methyl sites for hydroxylation is 1. The van der Waals surface area contributed by atoms with Crippen molar-refractivity contribution < 1.29 is 22.7 Å². The zero-order valence-electron chi connectivity index (χ0n) is 20.6. The number of methoxy groups -OCH3 is 1. The molecule has 2 aromatic carbocycles. The molecule has 0 aliphatic rings. The number of rotatable bonds is 12. The summed E-state index contributed by atoms with van der Waals surface area (Å²) in [5.41, 5.74) is 2.51. The summed E-state index contributed by atoms with van der Waals surface area (Å²) < 4.78 is 31.4. The molecule has 0 aromatic heterocycles. The fourth-order valence-electron chi connectivity index (χ4n) is 3.66. The van der Waals surface area contributed by atoms with Crippen molar-refractivity contribution >= 4 is 27.5 Å². The van der Waals surface area contributed by atoms with Gasteiger partial charge < -0.3 is 15.0 Å². The summed E-state index contributed by atoms with van der Waals surface area (Å²) >= 11 is 0. The van der Waals surface area contributed by atoms with Gasteiger partial charge in [0.15, 0.2) is 0 Å². The maximum absolute atomic E-state index is 13.2. The van der Waals surface area contributed by atoms with Crippen molar-refractivity contribution in [3.63, 3.8) is 0 Å². The number of ether oxygens (including phenoxy) is 1. The summed E-state index contributed by atoms with van der Waals surface area (Å²) in [6.45, 7) is 4.11. The molecule has 0 heterocycles. The van der Waals surface area contributed by atoms with E-state index in [1.54, 1.807) is 26.2 Å². The van der Waals surface area contributed by atoms with Crippen LogP contribution in [0.4, 0.5) is 5.69 Å². The van der Waals surface area contributed by atoms with Crippen LogP contribution in [0, 0.1) is 0 Å². The molecule has 0 aliphatic heterocycles. The van der Waals surface area contributed by atoms with Crippen LogP contribution in [0.1, 0.15) is 37.8 Å². The second-order valence-electron chi connectivity index (χ2n) is 8.12. The van der Waals surface area contributed by atoms with Crippen molar-refractivity contribution in [2.45, 2.75) is 45.7 Å². The Bertz CT molecular complexity index is 1070. The molecule has 1 unspecified atom stereocenters.